The van der Waals surface area contributed by atoms with Gasteiger partial charge in [0.15, 0.2) is 0 Å². The first-order chi connectivity index (χ1) is 13.2. The average Bonchev–Trinajstić information content (AvgIpc) is 2.61. The molecule has 0 spiro atoms. The summed E-state index contributed by atoms with van der Waals surface area (Å²) in [6.07, 6.45) is 1.99. The van der Waals surface area contributed by atoms with Crippen LogP contribution in [0.4, 0.5) is 5.69 Å². The number of amides is 1. The number of likely N-dealkylation sites (tertiary alicyclic amines) is 1. The van der Waals surface area contributed by atoms with Gasteiger partial charge in [0.2, 0.25) is 0 Å². The van der Waals surface area contributed by atoms with Gasteiger partial charge >= 0.3 is 0 Å². The second kappa shape index (κ2) is 10.3. The summed E-state index contributed by atoms with van der Waals surface area (Å²) >= 11 is 0. The topological polar surface area (TPSA) is 50.8 Å². The third-order valence-electron chi connectivity index (χ3n) is 5.46. The molecule has 1 saturated heterocycles. The maximum atomic E-state index is 12.6. The van der Waals surface area contributed by atoms with Crippen LogP contribution in [0.2, 0.25) is 0 Å². The molecule has 5 nitrogen and oxygen atoms in total. The number of carbonyl (C=O) groups excluding carboxylic acids is 1. The van der Waals surface area contributed by atoms with Crippen molar-refractivity contribution in [3.05, 3.63) is 24.3 Å². The predicted molar refractivity (Wildman–Crippen MR) is 115 cm³/mol. The Bertz CT molecular complexity index is 607. The minimum absolute atomic E-state index is 0.120. The van der Waals surface area contributed by atoms with Gasteiger partial charge in [-0.2, -0.15) is 0 Å². The van der Waals surface area contributed by atoms with E-state index in [2.05, 4.69) is 37.9 Å². The summed E-state index contributed by atoms with van der Waals surface area (Å²) in [6, 6.07) is 7.57. The summed E-state index contributed by atoms with van der Waals surface area (Å²) in [5.41, 5.74) is -0.0745. The van der Waals surface area contributed by atoms with Crippen LogP contribution < -0.4 is 10.1 Å². The Balaban J connectivity index is 1.82. The maximum absolute atomic E-state index is 12.6. The lowest BCUT2D eigenvalue weighted by Crippen LogP contribution is -2.43. The third kappa shape index (κ3) is 6.78. The Labute approximate surface area is 170 Å². The second-order valence-corrected chi connectivity index (χ2v) is 9.07. The van der Waals surface area contributed by atoms with Crippen molar-refractivity contribution >= 4 is 11.6 Å². The fourth-order valence-electron chi connectivity index (χ4n) is 4.21. The highest BCUT2D eigenvalue weighted by Gasteiger charge is 2.33. The molecule has 3 atom stereocenters. The van der Waals surface area contributed by atoms with Crippen LogP contribution in [-0.2, 0) is 9.53 Å². The third-order valence-corrected chi connectivity index (χ3v) is 5.46. The Kier molecular flexibility index (Phi) is 8.32. The van der Waals surface area contributed by atoms with E-state index in [0.717, 1.165) is 42.9 Å². The molecule has 1 aromatic rings. The molecule has 0 radical (unpaired) electrons. The first-order valence-corrected chi connectivity index (χ1v) is 10.5. The molecule has 28 heavy (non-hydrogen) atoms. The van der Waals surface area contributed by atoms with Gasteiger partial charge in [-0.1, -0.05) is 27.7 Å². The Morgan fingerprint density at radius 2 is 1.82 bits per heavy atom. The Morgan fingerprint density at radius 1 is 1.21 bits per heavy atom. The number of carbonyl (C=O) groups is 1. The summed E-state index contributed by atoms with van der Waals surface area (Å²) in [5.74, 6) is 2.61. The highest BCUT2D eigenvalue weighted by molar-refractivity contribution is 5.97. The SMILES string of the molecule is CO[C@](C)(CC(C)C)C(=O)Nc1ccc(OCCN2C[C@H](C)C[C@H](C)C2)cc1. The summed E-state index contributed by atoms with van der Waals surface area (Å²) in [6.45, 7) is 14.6. The molecule has 1 N–H and O–H groups in total. The highest BCUT2D eigenvalue weighted by Crippen LogP contribution is 2.24. The largest absolute Gasteiger partial charge is 0.492 e. The van der Waals surface area contributed by atoms with Gasteiger partial charge in [0.25, 0.3) is 5.91 Å². The second-order valence-electron chi connectivity index (χ2n) is 9.07. The van der Waals surface area contributed by atoms with Crippen molar-refractivity contribution in [2.75, 3.05) is 38.7 Å². The van der Waals surface area contributed by atoms with Crippen LogP contribution in [0.15, 0.2) is 24.3 Å². The molecule has 1 heterocycles. The van der Waals surface area contributed by atoms with Gasteiger partial charge in [-0.3, -0.25) is 9.69 Å². The molecule has 0 bridgehead atoms. The zero-order valence-corrected chi connectivity index (χ0v) is 18.5. The van der Waals surface area contributed by atoms with Crippen molar-refractivity contribution < 1.29 is 14.3 Å². The Morgan fingerprint density at radius 3 is 2.36 bits per heavy atom. The van der Waals surface area contributed by atoms with Crippen molar-refractivity contribution in [2.24, 2.45) is 17.8 Å². The maximum Gasteiger partial charge on any atom is 0.256 e. The lowest BCUT2D eigenvalue weighted by Gasteiger charge is -2.34. The number of hydrogen-bond acceptors (Lipinski definition) is 4. The molecule has 158 valence electrons. The number of hydrogen-bond donors (Lipinski definition) is 1. The smallest absolute Gasteiger partial charge is 0.256 e. The summed E-state index contributed by atoms with van der Waals surface area (Å²) in [5, 5.41) is 2.96. The number of piperidine rings is 1. The highest BCUT2D eigenvalue weighted by atomic mass is 16.5. The van der Waals surface area contributed by atoms with E-state index < -0.39 is 5.60 Å². The van der Waals surface area contributed by atoms with Crippen molar-refractivity contribution in [1.29, 1.82) is 0 Å². The van der Waals surface area contributed by atoms with E-state index in [-0.39, 0.29) is 5.91 Å². The Hall–Kier alpha value is -1.59. The van der Waals surface area contributed by atoms with Crippen LogP contribution in [0.3, 0.4) is 0 Å². The monoisotopic (exact) mass is 390 g/mol. The van der Waals surface area contributed by atoms with Gasteiger partial charge in [0.1, 0.15) is 18.0 Å². The fourth-order valence-corrected chi connectivity index (χ4v) is 4.21. The van der Waals surface area contributed by atoms with E-state index >= 15 is 0 Å². The summed E-state index contributed by atoms with van der Waals surface area (Å²) in [7, 11) is 1.59. The van der Waals surface area contributed by atoms with E-state index in [1.54, 1.807) is 7.11 Å². The zero-order valence-electron chi connectivity index (χ0n) is 18.5. The van der Waals surface area contributed by atoms with Crippen LogP contribution in [0.5, 0.6) is 5.75 Å². The molecule has 0 saturated carbocycles. The standard InChI is InChI=1S/C23H38N2O3/c1-17(2)14-23(5,27-6)22(26)24-20-7-9-21(10-8-20)28-12-11-25-15-18(3)13-19(4)16-25/h7-10,17-19H,11-16H2,1-6H3,(H,24,26)/t18-,19+,23-/m1/s1. The van der Waals surface area contributed by atoms with Crippen LogP contribution >= 0.6 is 0 Å². The van der Waals surface area contributed by atoms with E-state index in [1.807, 2.05) is 31.2 Å². The van der Waals surface area contributed by atoms with Crippen molar-refractivity contribution in [3.63, 3.8) is 0 Å². The molecule has 1 amide bonds. The first-order valence-electron chi connectivity index (χ1n) is 10.5. The van der Waals surface area contributed by atoms with Crippen molar-refractivity contribution in [3.8, 4) is 5.75 Å². The lowest BCUT2D eigenvalue weighted by molar-refractivity contribution is -0.137. The number of nitrogens with zero attached hydrogens (tertiary/aromatic N) is 1. The number of ether oxygens (including phenoxy) is 2. The average molecular weight is 391 g/mol. The van der Waals surface area contributed by atoms with Crippen LogP contribution in [0.25, 0.3) is 0 Å². The minimum Gasteiger partial charge on any atom is -0.492 e. The molecule has 1 fully saturated rings. The van der Waals surface area contributed by atoms with E-state index in [9.17, 15) is 4.79 Å². The number of benzene rings is 1. The molecule has 1 aliphatic heterocycles. The zero-order chi connectivity index (χ0) is 20.7. The first kappa shape index (κ1) is 22.7. The van der Waals surface area contributed by atoms with Crippen molar-refractivity contribution in [1.82, 2.24) is 4.90 Å². The van der Waals surface area contributed by atoms with Gasteiger partial charge < -0.3 is 14.8 Å². The lowest BCUT2D eigenvalue weighted by atomic mass is 9.92. The van der Waals surface area contributed by atoms with Crippen LogP contribution in [0.1, 0.15) is 47.5 Å². The molecule has 2 rings (SSSR count). The molecular weight excluding hydrogens is 352 g/mol. The number of anilines is 1. The predicted octanol–water partition coefficient (Wildman–Crippen LogP) is 4.43. The van der Waals surface area contributed by atoms with Crippen molar-refractivity contribution in [2.45, 2.75) is 53.1 Å². The van der Waals surface area contributed by atoms with Gasteiger partial charge in [0.05, 0.1) is 0 Å². The van der Waals surface area contributed by atoms with Crippen LogP contribution in [0, 0.1) is 17.8 Å². The quantitative estimate of drug-likeness (QED) is 0.677. The number of rotatable bonds is 9. The molecular formula is C23H38N2O3. The molecule has 5 heteroatoms. The molecule has 0 aromatic heterocycles. The molecule has 0 unspecified atom stereocenters. The summed E-state index contributed by atoms with van der Waals surface area (Å²) in [4.78, 5) is 15.1. The number of nitrogens with one attached hydrogen (secondary N) is 1. The van der Waals surface area contributed by atoms with E-state index in [0.29, 0.717) is 18.9 Å². The normalized spacial score (nSPS) is 22.7. The van der Waals surface area contributed by atoms with Gasteiger partial charge in [-0.05, 0) is 61.8 Å². The summed E-state index contributed by atoms with van der Waals surface area (Å²) < 4.78 is 11.4. The van der Waals surface area contributed by atoms with Crippen LogP contribution in [-0.4, -0.2) is 49.8 Å². The van der Waals surface area contributed by atoms with Gasteiger partial charge in [-0.25, -0.2) is 0 Å². The molecule has 1 aliphatic rings. The fraction of sp³-hybridized carbons (Fsp3) is 0.696. The van der Waals surface area contributed by atoms with Gasteiger partial charge in [0, 0.05) is 32.4 Å². The van der Waals surface area contributed by atoms with Gasteiger partial charge in [-0.15, -0.1) is 0 Å². The number of methoxy groups -OCH3 is 1. The van der Waals surface area contributed by atoms with E-state index in [4.69, 9.17) is 9.47 Å². The molecule has 1 aromatic carbocycles. The minimum atomic E-state index is -0.827. The molecule has 0 aliphatic carbocycles. The van der Waals surface area contributed by atoms with E-state index in [1.165, 1.54) is 6.42 Å².